The number of aliphatic hydroxyl groups excluding tert-OH is 1. The van der Waals surface area contributed by atoms with Gasteiger partial charge in [0.2, 0.25) is 0 Å². The number of carbonyl (C=O) groups is 1. The minimum absolute atomic E-state index is 0.0331. The number of hydrogen-bond donors (Lipinski definition) is 2. The number of aliphatic hydroxyl groups is 1. The van der Waals surface area contributed by atoms with Crippen LogP contribution in [0.5, 0.6) is 0 Å². The summed E-state index contributed by atoms with van der Waals surface area (Å²) < 4.78 is 0. The van der Waals surface area contributed by atoms with Gasteiger partial charge in [-0.15, -0.1) is 11.3 Å². The lowest BCUT2D eigenvalue weighted by Crippen LogP contribution is -2.42. The molecule has 2 amide bonds. The maximum atomic E-state index is 12.1. The van der Waals surface area contributed by atoms with E-state index in [1.807, 2.05) is 31.0 Å². The zero-order valence-electron chi connectivity index (χ0n) is 11.6. The molecule has 0 spiro atoms. The maximum Gasteiger partial charge on any atom is 0.322 e. The first-order valence-electron chi connectivity index (χ1n) is 6.81. The number of hydrogen-bond acceptors (Lipinski definition) is 3. The lowest BCUT2D eigenvalue weighted by molar-refractivity contribution is 0.139. The molecule has 1 aromatic heterocycles. The molecule has 0 aliphatic heterocycles. The Morgan fingerprint density at radius 3 is 2.63 bits per heavy atom. The summed E-state index contributed by atoms with van der Waals surface area (Å²) in [6.45, 7) is 2.30. The van der Waals surface area contributed by atoms with Gasteiger partial charge in [0.15, 0.2) is 0 Å². The van der Waals surface area contributed by atoms with Gasteiger partial charge in [0, 0.05) is 24.6 Å². The van der Waals surface area contributed by atoms with E-state index in [0.29, 0.717) is 12.0 Å². The Kier molecular flexibility index (Phi) is 4.82. The smallest absolute Gasteiger partial charge is 0.322 e. The van der Waals surface area contributed by atoms with E-state index in [2.05, 4.69) is 5.32 Å². The molecule has 2 N–H and O–H groups in total. The van der Waals surface area contributed by atoms with Crippen molar-refractivity contribution in [3.63, 3.8) is 0 Å². The predicted molar refractivity (Wildman–Crippen MR) is 78.7 cm³/mol. The van der Waals surface area contributed by atoms with Crippen molar-refractivity contribution >= 4 is 22.4 Å². The van der Waals surface area contributed by atoms with Gasteiger partial charge in [-0.05, 0) is 50.7 Å². The molecular formula is C14H22N2O2S. The molecule has 106 valence electrons. The monoisotopic (exact) mass is 282 g/mol. The molecule has 0 unspecified atom stereocenters. The molecular weight excluding hydrogens is 260 g/mol. The van der Waals surface area contributed by atoms with Gasteiger partial charge in [0.25, 0.3) is 0 Å². The lowest BCUT2D eigenvalue weighted by Gasteiger charge is -2.34. The van der Waals surface area contributed by atoms with Gasteiger partial charge in [-0.1, -0.05) is 0 Å². The van der Waals surface area contributed by atoms with Crippen molar-refractivity contribution in [2.75, 3.05) is 19.0 Å². The molecule has 19 heavy (non-hydrogen) atoms. The Hall–Kier alpha value is -1.07. The summed E-state index contributed by atoms with van der Waals surface area (Å²) in [5, 5.41) is 13.0. The van der Waals surface area contributed by atoms with E-state index in [1.165, 1.54) is 4.88 Å². The zero-order chi connectivity index (χ0) is 13.8. The average Bonchev–Trinajstić information content (AvgIpc) is 2.83. The fraction of sp³-hybridized carbons (Fsp3) is 0.643. The van der Waals surface area contributed by atoms with E-state index in [1.54, 1.807) is 11.3 Å². The molecule has 1 aliphatic rings. The van der Waals surface area contributed by atoms with Crippen molar-refractivity contribution in [2.45, 2.75) is 38.6 Å². The number of aryl methyl sites for hydroxylation is 1. The van der Waals surface area contributed by atoms with Crippen molar-refractivity contribution in [1.29, 1.82) is 0 Å². The van der Waals surface area contributed by atoms with Crippen LogP contribution in [0.2, 0.25) is 0 Å². The molecule has 0 radical (unpaired) electrons. The summed E-state index contributed by atoms with van der Waals surface area (Å²) in [5.41, 5.74) is 0. The number of carbonyl (C=O) groups excluding carboxylic acids is 1. The van der Waals surface area contributed by atoms with Crippen LogP contribution in [-0.2, 0) is 0 Å². The SMILES string of the molecule is Cc1ccc(NC(=O)N(C)C2CCC(CO)CC2)s1. The molecule has 1 heterocycles. The summed E-state index contributed by atoms with van der Waals surface area (Å²) in [5.74, 6) is 0.424. The fourth-order valence-corrected chi connectivity index (χ4v) is 3.33. The average molecular weight is 282 g/mol. The number of urea groups is 1. The minimum Gasteiger partial charge on any atom is -0.396 e. The van der Waals surface area contributed by atoms with E-state index < -0.39 is 0 Å². The van der Waals surface area contributed by atoms with Crippen LogP contribution in [0, 0.1) is 12.8 Å². The van der Waals surface area contributed by atoms with E-state index in [9.17, 15) is 4.79 Å². The largest absolute Gasteiger partial charge is 0.396 e. The summed E-state index contributed by atoms with van der Waals surface area (Å²) in [6.07, 6.45) is 3.99. The fourth-order valence-electron chi connectivity index (χ4n) is 2.58. The minimum atomic E-state index is -0.0331. The third-order valence-electron chi connectivity index (χ3n) is 3.91. The van der Waals surface area contributed by atoms with Crippen LogP contribution in [0.4, 0.5) is 9.80 Å². The Morgan fingerprint density at radius 2 is 2.11 bits per heavy atom. The quantitative estimate of drug-likeness (QED) is 0.895. The molecule has 4 nitrogen and oxygen atoms in total. The van der Waals surface area contributed by atoms with Gasteiger partial charge in [0.05, 0.1) is 5.00 Å². The van der Waals surface area contributed by atoms with Crippen LogP contribution in [0.3, 0.4) is 0 Å². The van der Waals surface area contributed by atoms with Crippen molar-refractivity contribution in [3.05, 3.63) is 17.0 Å². The van der Waals surface area contributed by atoms with Gasteiger partial charge in [-0.3, -0.25) is 5.32 Å². The standard InChI is InChI=1S/C14H22N2O2S/c1-10-3-8-13(19-10)15-14(18)16(2)12-6-4-11(9-17)5-7-12/h3,8,11-12,17H,4-7,9H2,1-2H3,(H,15,18). The Balaban J connectivity index is 1.85. The van der Waals surface area contributed by atoms with Gasteiger partial charge >= 0.3 is 6.03 Å². The van der Waals surface area contributed by atoms with Crippen LogP contribution in [-0.4, -0.2) is 35.7 Å². The third-order valence-corrected chi connectivity index (χ3v) is 4.83. The second-order valence-electron chi connectivity index (χ2n) is 5.31. The second-order valence-corrected chi connectivity index (χ2v) is 6.60. The number of thiophene rings is 1. The van der Waals surface area contributed by atoms with Crippen molar-refractivity contribution in [1.82, 2.24) is 4.90 Å². The van der Waals surface area contributed by atoms with Gasteiger partial charge < -0.3 is 10.0 Å². The Morgan fingerprint density at radius 1 is 1.42 bits per heavy atom. The van der Waals surface area contributed by atoms with Crippen LogP contribution in [0.25, 0.3) is 0 Å². The van der Waals surface area contributed by atoms with Gasteiger partial charge in [-0.25, -0.2) is 4.79 Å². The number of nitrogens with zero attached hydrogens (tertiary/aromatic N) is 1. The van der Waals surface area contributed by atoms with Crippen LogP contribution in [0.1, 0.15) is 30.6 Å². The topological polar surface area (TPSA) is 52.6 Å². The van der Waals surface area contributed by atoms with Crippen molar-refractivity contribution in [2.24, 2.45) is 5.92 Å². The number of amides is 2. The first-order chi connectivity index (χ1) is 9.10. The van der Waals surface area contributed by atoms with Crippen LogP contribution in [0.15, 0.2) is 12.1 Å². The van der Waals surface area contributed by atoms with Gasteiger partial charge in [-0.2, -0.15) is 0 Å². The normalized spacial score (nSPS) is 23.1. The third kappa shape index (κ3) is 3.70. The van der Waals surface area contributed by atoms with E-state index in [-0.39, 0.29) is 12.6 Å². The molecule has 0 saturated heterocycles. The first kappa shape index (κ1) is 14.3. The highest BCUT2D eigenvalue weighted by molar-refractivity contribution is 7.16. The molecule has 0 aromatic carbocycles. The summed E-state index contributed by atoms with van der Waals surface area (Å²) >= 11 is 1.59. The van der Waals surface area contributed by atoms with E-state index in [4.69, 9.17) is 5.11 Å². The molecule has 1 fully saturated rings. The number of anilines is 1. The maximum absolute atomic E-state index is 12.1. The van der Waals surface area contributed by atoms with Gasteiger partial charge in [0.1, 0.15) is 0 Å². The lowest BCUT2D eigenvalue weighted by atomic mass is 9.86. The molecule has 0 atom stereocenters. The highest BCUT2D eigenvalue weighted by atomic mass is 32.1. The van der Waals surface area contributed by atoms with E-state index >= 15 is 0 Å². The van der Waals surface area contributed by atoms with Crippen LogP contribution < -0.4 is 5.32 Å². The second kappa shape index (κ2) is 6.39. The molecule has 5 heteroatoms. The number of nitrogens with one attached hydrogen (secondary N) is 1. The molecule has 2 rings (SSSR count). The summed E-state index contributed by atoms with van der Waals surface area (Å²) in [6, 6.07) is 4.21. The molecule has 1 aromatic rings. The predicted octanol–water partition coefficient (Wildman–Crippen LogP) is 3.07. The van der Waals surface area contributed by atoms with Crippen molar-refractivity contribution in [3.8, 4) is 0 Å². The van der Waals surface area contributed by atoms with Crippen LogP contribution >= 0.6 is 11.3 Å². The summed E-state index contributed by atoms with van der Waals surface area (Å²) in [7, 11) is 1.86. The summed E-state index contributed by atoms with van der Waals surface area (Å²) in [4.78, 5) is 15.1. The first-order valence-corrected chi connectivity index (χ1v) is 7.63. The number of rotatable bonds is 3. The Bertz CT molecular complexity index is 425. The molecule has 0 bridgehead atoms. The zero-order valence-corrected chi connectivity index (χ0v) is 12.4. The Labute approximate surface area is 118 Å². The van der Waals surface area contributed by atoms with Crippen molar-refractivity contribution < 1.29 is 9.90 Å². The molecule has 1 saturated carbocycles. The highest BCUT2D eigenvalue weighted by Crippen LogP contribution is 2.27. The molecule has 1 aliphatic carbocycles. The highest BCUT2D eigenvalue weighted by Gasteiger charge is 2.26. The van der Waals surface area contributed by atoms with E-state index in [0.717, 1.165) is 30.7 Å².